The first-order valence-corrected chi connectivity index (χ1v) is 4.49. The number of aliphatic hydroxyl groups is 1. The monoisotopic (exact) mass is 183 g/mol. The van der Waals surface area contributed by atoms with Gasteiger partial charge in [-0.3, -0.25) is 4.40 Å². The normalized spacial score (nSPS) is 13.8. The first-order chi connectivity index (χ1) is 5.81. The van der Waals surface area contributed by atoms with Gasteiger partial charge in [0.2, 0.25) is 0 Å². The number of nitrogens with two attached hydrogens (primary N) is 1. The third-order valence-electron chi connectivity index (χ3n) is 1.68. The van der Waals surface area contributed by atoms with E-state index >= 15 is 0 Å². The lowest BCUT2D eigenvalue weighted by Gasteiger charge is -2.00. The molecule has 0 aliphatic carbocycles. The standard InChI is InChI=1S/C7H9N3OS/c8-3-6(11)5-4-10-1-2-12-7(10)9-5/h1-2,4,6,11H,3,8H2. The molecule has 2 aromatic rings. The third-order valence-corrected chi connectivity index (χ3v) is 2.45. The Hall–Kier alpha value is -0.910. The molecule has 2 heterocycles. The summed E-state index contributed by atoms with van der Waals surface area (Å²) in [5.74, 6) is 0. The highest BCUT2D eigenvalue weighted by Gasteiger charge is 2.09. The van der Waals surface area contributed by atoms with Crippen molar-refractivity contribution in [3.63, 3.8) is 0 Å². The van der Waals surface area contributed by atoms with Gasteiger partial charge < -0.3 is 10.8 Å². The predicted molar refractivity (Wildman–Crippen MR) is 47.1 cm³/mol. The molecule has 1 unspecified atom stereocenters. The van der Waals surface area contributed by atoms with Gasteiger partial charge in [0.25, 0.3) is 0 Å². The van der Waals surface area contributed by atoms with Crippen molar-refractivity contribution < 1.29 is 5.11 Å². The number of aromatic nitrogens is 2. The van der Waals surface area contributed by atoms with Crippen LogP contribution in [0.5, 0.6) is 0 Å². The average molecular weight is 183 g/mol. The van der Waals surface area contributed by atoms with Crippen LogP contribution in [-0.2, 0) is 0 Å². The zero-order valence-corrected chi connectivity index (χ0v) is 7.16. The van der Waals surface area contributed by atoms with Crippen molar-refractivity contribution in [3.05, 3.63) is 23.5 Å². The number of hydrogen-bond donors (Lipinski definition) is 2. The van der Waals surface area contributed by atoms with Crippen molar-refractivity contribution in [2.45, 2.75) is 6.10 Å². The number of rotatable bonds is 2. The Bertz CT molecular complexity index is 352. The molecule has 0 amide bonds. The molecule has 0 radical (unpaired) electrons. The molecule has 0 aliphatic heterocycles. The quantitative estimate of drug-likeness (QED) is 0.707. The lowest BCUT2D eigenvalue weighted by molar-refractivity contribution is 0.182. The Morgan fingerprint density at radius 3 is 3.25 bits per heavy atom. The van der Waals surface area contributed by atoms with E-state index in [0.717, 1.165) is 4.96 Å². The minimum Gasteiger partial charge on any atom is -0.385 e. The predicted octanol–water partition coefficient (Wildman–Crippen LogP) is 0.388. The molecule has 4 nitrogen and oxygen atoms in total. The summed E-state index contributed by atoms with van der Waals surface area (Å²) >= 11 is 1.54. The van der Waals surface area contributed by atoms with Crippen LogP contribution in [0.25, 0.3) is 4.96 Å². The first-order valence-electron chi connectivity index (χ1n) is 3.61. The number of aliphatic hydroxyl groups excluding tert-OH is 1. The van der Waals surface area contributed by atoms with Gasteiger partial charge in [-0.25, -0.2) is 4.98 Å². The van der Waals surface area contributed by atoms with E-state index in [1.807, 2.05) is 16.0 Å². The molecule has 0 aliphatic rings. The van der Waals surface area contributed by atoms with Gasteiger partial charge in [0.1, 0.15) is 6.10 Å². The fraction of sp³-hybridized carbons (Fsp3) is 0.286. The van der Waals surface area contributed by atoms with Gasteiger partial charge in [-0.15, -0.1) is 11.3 Å². The summed E-state index contributed by atoms with van der Waals surface area (Å²) in [4.78, 5) is 5.08. The number of nitrogens with zero attached hydrogens (tertiary/aromatic N) is 2. The molecular weight excluding hydrogens is 174 g/mol. The van der Waals surface area contributed by atoms with E-state index in [2.05, 4.69) is 4.98 Å². The van der Waals surface area contributed by atoms with Crippen molar-refractivity contribution in [1.82, 2.24) is 9.38 Å². The van der Waals surface area contributed by atoms with Gasteiger partial charge >= 0.3 is 0 Å². The summed E-state index contributed by atoms with van der Waals surface area (Å²) in [6.45, 7) is 0.213. The third kappa shape index (κ3) is 1.12. The van der Waals surface area contributed by atoms with E-state index in [0.29, 0.717) is 5.69 Å². The molecule has 0 spiro atoms. The molecule has 2 aromatic heterocycles. The van der Waals surface area contributed by atoms with Gasteiger partial charge in [-0.05, 0) is 0 Å². The molecule has 12 heavy (non-hydrogen) atoms. The van der Waals surface area contributed by atoms with E-state index in [4.69, 9.17) is 5.73 Å². The zero-order chi connectivity index (χ0) is 8.55. The highest BCUT2D eigenvalue weighted by Crippen LogP contribution is 2.15. The van der Waals surface area contributed by atoms with Crippen LogP contribution >= 0.6 is 11.3 Å². The van der Waals surface area contributed by atoms with Crippen LogP contribution in [0.4, 0.5) is 0 Å². The fourth-order valence-electron chi connectivity index (χ4n) is 1.03. The van der Waals surface area contributed by atoms with Crippen LogP contribution < -0.4 is 5.73 Å². The maximum atomic E-state index is 9.35. The lowest BCUT2D eigenvalue weighted by atomic mass is 10.3. The Balaban J connectivity index is 2.44. The molecule has 0 saturated heterocycles. The molecule has 0 saturated carbocycles. The highest BCUT2D eigenvalue weighted by molar-refractivity contribution is 7.15. The lowest BCUT2D eigenvalue weighted by Crippen LogP contribution is -2.11. The van der Waals surface area contributed by atoms with Crippen LogP contribution in [-0.4, -0.2) is 21.0 Å². The van der Waals surface area contributed by atoms with E-state index in [1.165, 1.54) is 11.3 Å². The zero-order valence-electron chi connectivity index (χ0n) is 6.34. The van der Waals surface area contributed by atoms with E-state index in [-0.39, 0.29) is 6.54 Å². The first kappa shape index (κ1) is 7.72. The van der Waals surface area contributed by atoms with Gasteiger partial charge in [-0.2, -0.15) is 0 Å². The minimum absolute atomic E-state index is 0.213. The molecule has 5 heteroatoms. The number of imidazole rings is 1. The molecule has 0 bridgehead atoms. The molecule has 3 N–H and O–H groups in total. The smallest absolute Gasteiger partial charge is 0.193 e. The molecule has 0 fully saturated rings. The molecule has 1 atom stereocenters. The van der Waals surface area contributed by atoms with Crippen molar-refractivity contribution in [2.75, 3.05) is 6.54 Å². The van der Waals surface area contributed by atoms with Crippen LogP contribution in [0.2, 0.25) is 0 Å². The largest absolute Gasteiger partial charge is 0.385 e. The van der Waals surface area contributed by atoms with Gasteiger partial charge in [0.15, 0.2) is 4.96 Å². The fourth-order valence-corrected chi connectivity index (χ4v) is 1.73. The van der Waals surface area contributed by atoms with Crippen LogP contribution in [0.1, 0.15) is 11.8 Å². The van der Waals surface area contributed by atoms with Gasteiger partial charge in [0.05, 0.1) is 5.69 Å². The molecular formula is C7H9N3OS. The Morgan fingerprint density at radius 1 is 1.75 bits per heavy atom. The van der Waals surface area contributed by atoms with Crippen LogP contribution in [0.15, 0.2) is 17.8 Å². The van der Waals surface area contributed by atoms with Crippen LogP contribution in [0.3, 0.4) is 0 Å². The second-order valence-corrected chi connectivity index (χ2v) is 3.38. The second kappa shape index (κ2) is 2.85. The molecule has 0 aromatic carbocycles. The second-order valence-electron chi connectivity index (χ2n) is 2.51. The maximum Gasteiger partial charge on any atom is 0.193 e. The maximum absolute atomic E-state index is 9.35. The molecule has 2 rings (SSSR count). The van der Waals surface area contributed by atoms with E-state index < -0.39 is 6.10 Å². The van der Waals surface area contributed by atoms with Crippen molar-refractivity contribution in [3.8, 4) is 0 Å². The number of fused-ring (bicyclic) bond motifs is 1. The SMILES string of the molecule is NCC(O)c1cn2ccsc2n1. The Kier molecular flexibility index (Phi) is 1.84. The van der Waals surface area contributed by atoms with Crippen LogP contribution in [0, 0.1) is 0 Å². The average Bonchev–Trinajstić information content (AvgIpc) is 2.60. The summed E-state index contributed by atoms with van der Waals surface area (Å²) in [6.07, 6.45) is 3.06. The van der Waals surface area contributed by atoms with E-state index in [1.54, 1.807) is 6.20 Å². The summed E-state index contributed by atoms with van der Waals surface area (Å²) < 4.78 is 1.87. The number of hydrogen-bond acceptors (Lipinski definition) is 4. The number of thiazole rings is 1. The minimum atomic E-state index is -0.642. The van der Waals surface area contributed by atoms with Gasteiger partial charge in [0, 0.05) is 24.3 Å². The van der Waals surface area contributed by atoms with Gasteiger partial charge in [-0.1, -0.05) is 0 Å². The van der Waals surface area contributed by atoms with Crippen molar-refractivity contribution in [2.24, 2.45) is 5.73 Å². The van der Waals surface area contributed by atoms with Crippen molar-refractivity contribution >= 4 is 16.3 Å². The molecule has 64 valence electrons. The summed E-state index contributed by atoms with van der Waals surface area (Å²) in [5, 5.41) is 11.3. The highest BCUT2D eigenvalue weighted by atomic mass is 32.1. The topological polar surface area (TPSA) is 63.5 Å². The van der Waals surface area contributed by atoms with Crippen molar-refractivity contribution in [1.29, 1.82) is 0 Å². The summed E-state index contributed by atoms with van der Waals surface area (Å²) in [6, 6.07) is 0. The van der Waals surface area contributed by atoms with E-state index in [9.17, 15) is 5.11 Å². The Labute approximate surface area is 73.3 Å². The summed E-state index contributed by atoms with van der Waals surface area (Å²) in [5.41, 5.74) is 5.94. The summed E-state index contributed by atoms with van der Waals surface area (Å²) in [7, 11) is 0. The Morgan fingerprint density at radius 2 is 2.58 bits per heavy atom.